The van der Waals surface area contributed by atoms with E-state index in [-0.39, 0.29) is 0 Å². The van der Waals surface area contributed by atoms with Gasteiger partial charge in [-0.3, -0.25) is 0 Å². The van der Waals surface area contributed by atoms with Crippen LogP contribution in [0.4, 0.5) is 0 Å². The molecule has 1 aromatic rings. The van der Waals surface area contributed by atoms with Gasteiger partial charge in [0.05, 0.1) is 0 Å². The average Bonchev–Trinajstić information content (AvgIpc) is 2.11. The van der Waals surface area contributed by atoms with Gasteiger partial charge in [-0.15, -0.1) is 0 Å². The van der Waals surface area contributed by atoms with Crippen LogP contribution < -0.4 is 4.57 Å². The molecule has 1 heterocycles. The minimum Gasteiger partial charge on any atom is -0.198 e. The standard InChI is InChI=1S/C13H22N/c1-8(2)14-12(6)10(4)9(3)11(5)13(14)7/h8H,1-7H3/q+1. The average molecular weight is 192 g/mol. The van der Waals surface area contributed by atoms with Gasteiger partial charge in [-0.2, -0.15) is 4.57 Å². The highest BCUT2D eigenvalue weighted by Crippen LogP contribution is 2.17. The van der Waals surface area contributed by atoms with Crippen molar-refractivity contribution in [2.75, 3.05) is 0 Å². The molecule has 0 bridgehead atoms. The fraction of sp³-hybridized carbons (Fsp3) is 0.615. The van der Waals surface area contributed by atoms with Crippen LogP contribution in [0, 0.1) is 34.6 Å². The van der Waals surface area contributed by atoms with E-state index in [1.807, 2.05) is 0 Å². The van der Waals surface area contributed by atoms with Crippen molar-refractivity contribution < 1.29 is 4.57 Å². The maximum absolute atomic E-state index is 2.43. The predicted octanol–water partition coefficient (Wildman–Crippen LogP) is 3.10. The molecule has 0 spiro atoms. The molecule has 0 atom stereocenters. The summed E-state index contributed by atoms with van der Waals surface area (Å²) in [4.78, 5) is 0. The van der Waals surface area contributed by atoms with Gasteiger partial charge in [-0.25, -0.2) is 0 Å². The fourth-order valence-electron chi connectivity index (χ4n) is 2.21. The van der Waals surface area contributed by atoms with Crippen molar-refractivity contribution in [1.29, 1.82) is 0 Å². The zero-order valence-corrected chi connectivity index (χ0v) is 10.5. The van der Waals surface area contributed by atoms with Crippen molar-refractivity contribution in [2.24, 2.45) is 0 Å². The van der Waals surface area contributed by atoms with Crippen LogP contribution in [0.2, 0.25) is 0 Å². The summed E-state index contributed by atoms with van der Waals surface area (Å²) >= 11 is 0. The summed E-state index contributed by atoms with van der Waals surface area (Å²) in [5.41, 5.74) is 7.11. The van der Waals surface area contributed by atoms with E-state index in [2.05, 4.69) is 53.0 Å². The van der Waals surface area contributed by atoms with Gasteiger partial charge in [0.2, 0.25) is 0 Å². The lowest BCUT2D eigenvalue weighted by Gasteiger charge is -2.14. The molecule has 1 nitrogen and oxygen atoms in total. The molecule has 0 N–H and O–H groups in total. The second kappa shape index (κ2) is 3.72. The molecule has 0 aliphatic heterocycles. The largest absolute Gasteiger partial charge is 0.198 e. The Labute approximate surface area is 87.8 Å². The summed E-state index contributed by atoms with van der Waals surface area (Å²) in [6, 6.07) is 0.549. The first kappa shape index (κ1) is 11.2. The van der Waals surface area contributed by atoms with Gasteiger partial charge in [0, 0.05) is 25.0 Å². The van der Waals surface area contributed by atoms with Crippen molar-refractivity contribution in [1.82, 2.24) is 0 Å². The number of rotatable bonds is 1. The van der Waals surface area contributed by atoms with E-state index >= 15 is 0 Å². The van der Waals surface area contributed by atoms with Gasteiger partial charge in [0.25, 0.3) is 0 Å². The second-order valence-electron chi connectivity index (χ2n) is 4.51. The van der Waals surface area contributed by atoms with Gasteiger partial charge in [0.1, 0.15) is 0 Å². The summed E-state index contributed by atoms with van der Waals surface area (Å²) in [5.74, 6) is 0. The minimum atomic E-state index is 0.549. The first-order valence-electron chi connectivity index (χ1n) is 5.36. The molecule has 0 aromatic carbocycles. The number of nitrogens with zero attached hydrogens (tertiary/aromatic N) is 1. The van der Waals surface area contributed by atoms with E-state index in [0.29, 0.717) is 6.04 Å². The number of hydrogen-bond donors (Lipinski definition) is 0. The Morgan fingerprint density at radius 1 is 0.714 bits per heavy atom. The fourth-order valence-corrected chi connectivity index (χ4v) is 2.21. The Kier molecular flexibility index (Phi) is 2.98. The third kappa shape index (κ3) is 1.56. The lowest BCUT2D eigenvalue weighted by molar-refractivity contribution is -0.727. The molecule has 1 rings (SSSR count). The summed E-state index contributed by atoms with van der Waals surface area (Å²) in [5, 5.41) is 0. The SMILES string of the molecule is Cc1c(C)c(C)[n+](C(C)C)c(C)c1C. The van der Waals surface area contributed by atoms with Gasteiger partial charge < -0.3 is 0 Å². The maximum atomic E-state index is 2.43. The molecule has 0 radical (unpaired) electrons. The number of aromatic nitrogens is 1. The second-order valence-corrected chi connectivity index (χ2v) is 4.51. The summed E-state index contributed by atoms with van der Waals surface area (Å²) in [7, 11) is 0. The Morgan fingerprint density at radius 2 is 1.07 bits per heavy atom. The molecule has 1 aromatic heterocycles. The van der Waals surface area contributed by atoms with E-state index in [0.717, 1.165) is 0 Å². The molecule has 0 saturated carbocycles. The topological polar surface area (TPSA) is 3.88 Å². The Hall–Kier alpha value is -0.850. The molecule has 14 heavy (non-hydrogen) atoms. The maximum Gasteiger partial charge on any atom is 0.181 e. The first-order chi connectivity index (χ1) is 6.37. The molecule has 0 saturated heterocycles. The third-order valence-corrected chi connectivity index (χ3v) is 3.45. The molecule has 0 fully saturated rings. The molecule has 1 heteroatoms. The van der Waals surface area contributed by atoms with E-state index in [1.54, 1.807) is 0 Å². The van der Waals surface area contributed by atoms with Crippen molar-refractivity contribution in [3.05, 3.63) is 28.1 Å². The van der Waals surface area contributed by atoms with Crippen LogP contribution in [0.25, 0.3) is 0 Å². The number of hydrogen-bond acceptors (Lipinski definition) is 0. The minimum absolute atomic E-state index is 0.549. The first-order valence-corrected chi connectivity index (χ1v) is 5.36. The lowest BCUT2D eigenvalue weighted by Crippen LogP contribution is -2.44. The van der Waals surface area contributed by atoms with E-state index in [4.69, 9.17) is 0 Å². The van der Waals surface area contributed by atoms with Gasteiger partial charge >= 0.3 is 0 Å². The number of pyridine rings is 1. The van der Waals surface area contributed by atoms with E-state index in [1.165, 1.54) is 28.1 Å². The van der Waals surface area contributed by atoms with Gasteiger partial charge in [-0.1, -0.05) is 0 Å². The van der Waals surface area contributed by atoms with Crippen LogP contribution in [0.3, 0.4) is 0 Å². The summed E-state index contributed by atoms with van der Waals surface area (Å²) < 4.78 is 2.43. The normalized spacial score (nSPS) is 11.1. The summed E-state index contributed by atoms with van der Waals surface area (Å²) in [6.07, 6.45) is 0. The molecule has 78 valence electrons. The third-order valence-electron chi connectivity index (χ3n) is 3.45. The highest BCUT2D eigenvalue weighted by Gasteiger charge is 2.21. The smallest absolute Gasteiger partial charge is 0.181 e. The lowest BCUT2D eigenvalue weighted by atomic mass is 10.0. The van der Waals surface area contributed by atoms with Crippen LogP contribution in [-0.4, -0.2) is 0 Å². The van der Waals surface area contributed by atoms with Crippen LogP contribution >= 0.6 is 0 Å². The van der Waals surface area contributed by atoms with Crippen molar-refractivity contribution in [2.45, 2.75) is 54.5 Å². The quantitative estimate of drug-likeness (QED) is 0.602. The van der Waals surface area contributed by atoms with Gasteiger partial charge in [0.15, 0.2) is 17.4 Å². The molecule has 0 unspecified atom stereocenters. The van der Waals surface area contributed by atoms with Crippen molar-refractivity contribution in [3.8, 4) is 0 Å². The summed E-state index contributed by atoms with van der Waals surface area (Å²) in [6.45, 7) is 15.6. The monoisotopic (exact) mass is 192 g/mol. The van der Waals surface area contributed by atoms with Crippen LogP contribution in [0.5, 0.6) is 0 Å². The highest BCUT2D eigenvalue weighted by molar-refractivity contribution is 5.33. The molecule has 0 aliphatic carbocycles. The van der Waals surface area contributed by atoms with Crippen molar-refractivity contribution in [3.63, 3.8) is 0 Å². The molecular formula is C13H22N+. The van der Waals surface area contributed by atoms with Crippen molar-refractivity contribution >= 4 is 0 Å². The van der Waals surface area contributed by atoms with Crippen LogP contribution in [-0.2, 0) is 0 Å². The Balaban J connectivity index is 3.60. The van der Waals surface area contributed by atoms with E-state index < -0.39 is 0 Å². The zero-order valence-electron chi connectivity index (χ0n) is 10.5. The zero-order chi connectivity index (χ0) is 11.0. The highest BCUT2D eigenvalue weighted by atomic mass is 15.0. The molecule has 0 amide bonds. The van der Waals surface area contributed by atoms with Crippen LogP contribution in [0.15, 0.2) is 0 Å². The Morgan fingerprint density at radius 3 is 1.36 bits per heavy atom. The molecule has 0 aliphatic rings. The van der Waals surface area contributed by atoms with E-state index in [9.17, 15) is 0 Å². The predicted molar refractivity (Wildman–Crippen MR) is 60.7 cm³/mol. The molecular weight excluding hydrogens is 170 g/mol. The van der Waals surface area contributed by atoms with Crippen LogP contribution in [0.1, 0.15) is 48.0 Å². The van der Waals surface area contributed by atoms with Gasteiger partial charge in [-0.05, 0) is 40.2 Å². The Bertz CT molecular complexity index is 333.